The lowest BCUT2D eigenvalue weighted by Crippen LogP contribution is -2.22. The minimum Gasteiger partial charge on any atom is -0.493 e. The summed E-state index contributed by atoms with van der Waals surface area (Å²) in [4.78, 5) is 13.4. The number of benzene rings is 3. The van der Waals surface area contributed by atoms with Crippen molar-refractivity contribution in [2.75, 3.05) is 12.4 Å². The molecule has 5 aromatic rings. The molecule has 154 valence electrons. The molecule has 6 nitrogen and oxygen atoms in total. The Balaban J connectivity index is 1.57. The summed E-state index contributed by atoms with van der Waals surface area (Å²) in [7, 11) is 0. The molecule has 0 saturated heterocycles. The van der Waals surface area contributed by atoms with Gasteiger partial charge in [0, 0.05) is 5.75 Å². The average Bonchev–Trinajstić information content (AvgIpc) is 3.22. The Labute approximate surface area is 183 Å². The van der Waals surface area contributed by atoms with E-state index in [1.165, 1.54) is 0 Å². The van der Waals surface area contributed by atoms with Crippen molar-refractivity contribution in [2.24, 2.45) is 0 Å². The Morgan fingerprint density at radius 3 is 2.48 bits per heavy atom. The van der Waals surface area contributed by atoms with Gasteiger partial charge in [-0.05, 0) is 42.8 Å². The lowest BCUT2D eigenvalue weighted by molar-refractivity contribution is 0.344. The fourth-order valence-corrected chi connectivity index (χ4v) is 4.37. The molecule has 31 heavy (non-hydrogen) atoms. The van der Waals surface area contributed by atoms with Crippen LogP contribution in [0.15, 0.2) is 88.8 Å². The van der Waals surface area contributed by atoms with Crippen molar-refractivity contribution >= 4 is 28.4 Å². The van der Waals surface area contributed by atoms with Crippen molar-refractivity contribution < 1.29 is 4.74 Å². The zero-order chi connectivity index (χ0) is 21.2. The van der Waals surface area contributed by atoms with Crippen LogP contribution in [0.1, 0.15) is 5.56 Å². The van der Waals surface area contributed by atoms with E-state index in [2.05, 4.69) is 10.2 Å². The van der Waals surface area contributed by atoms with E-state index in [4.69, 9.17) is 4.74 Å². The molecule has 0 amide bonds. The Bertz CT molecular complexity index is 1430. The zero-order valence-electron chi connectivity index (χ0n) is 16.9. The second-order valence-corrected chi connectivity index (χ2v) is 8.13. The van der Waals surface area contributed by atoms with Crippen LogP contribution in [-0.4, -0.2) is 31.5 Å². The normalized spacial score (nSPS) is 11.3. The van der Waals surface area contributed by atoms with Crippen LogP contribution in [0.25, 0.3) is 22.4 Å². The van der Waals surface area contributed by atoms with Crippen LogP contribution in [0, 0.1) is 6.92 Å². The SMILES string of the molecule is Cc1ccccc1-n1c(=O)c2ccccc2n2c(SCCOc3ccccc3)nnc12. The maximum absolute atomic E-state index is 13.4. The summed E-state index contributed by atoms with van der Waals surface area (Å²) in [5.41, 5.74) is 2.49. The first-order chi connectivity index (χ1) is 15.2. The number of ether oxygens (including phenoxy) is 1. The van der Waals surface area contributed by atoms with E-state index in [1.807, 2.05) is 90.2 Å². The van der Waals surface area contributed by atoms with Gasteiger partial charge in [0.2, 0.25) is 5.78 Å². The summed E-state index contributed by atoms with van der Waals surface area (Å²) >= 11 is 1.55. The smallest absolute Gasteiger partial charge is 0.267 e. The number of fused-ring (bicyclic) bond motifs is 3. The van der Waals surface area contributed by atoms with Gasteiger partial charge < -0.3 is 4.74 Å². The van der Waals surface area contributed by atoms with Gasteiger partial charge in [-0.15, -0.1) is 10.2 Å². The van der Waals surface area contributed by atoms with E-state index in [0.29, 0.717) is 23.5 Å². The number of rotatable bonds is 6. The third-order valence-electron chi connectivity index (χ3n) is 5.08. The molecule has 0 saturated carbocycles. The van der Waals surface area contributed by atoms with Crippen LogP contribution in [0.2, 0.25) is 0 Å². The van der Waals surface area contributed by atoms with Gasteiger partial charge in [0.1, 0.15) is 5.75 Å². The lowest BCUT2D eigenvalue weighted by Gasteiger charge is -2.13. The van der Waals surface area contributed by atoms with Gasteiger partial charge in [0.15, 0.2) is 5.16 Å². The Hall–Kier alpha value is -3.58. The second-order valence-electron chi connectivity index (χ2n) is 7.07. The van der Waals surface area contributed by atoms with E-state index in [9.17, 15) is 4.79 Å². The molecule has 2 heterocycles. The van der Waals surface area contributed by atoms with Gasteiger partial charge in [0.05, 0.1) is 23.2 Å². The van der Waals surface area contributed by atoms with Crippen molar-refractivity contribution in [3.05, 3.63) is 94.8 Å². The summed E-state index contributed by atoms with van der Waals surface area (Å²) in [6.07, 6.45) is 0. The van der Waals surface area contributed by atoms with Crippen molar-refractivity contribution in [1.29, 1.82) is 0 Å². The molecule has 0 radical (unpaired) electrons. The van der Waals surface area contributed by atoms with Crippen molar-refractivity contribution in [2.45, 2.75) is 12.1 Å². The van der Waals surface area contributed by atoms with E-state index < -0.39 is 0 Å². The van der Waals surface area contributed by atoms with Gasteiger partial charge in [-0.1, -0.05) is 60.3 Å². The minimum absolute atomic E-state index is 0.103. The molecular weight excluding hydrogens is 408 g/mol. The number of hydrogen-bond donors (Lipinski definition) is 0. The third-order valence-corrected chi connectivity index (χ3v) is 5.97. The van der Waals surface area contributed by atoms with Crippen molar-refractivity contribution in [3.8, 4) is 11.4 Å². The summed E-state index contributed by atoms with van der Waals surface area (Å²) in [6, 6.07) is 25.1. The third kappa shape index (κ3) is 3.57. The molecule has 5 rings (SSSR count). The molecular formula is C24H20N4O2S. The summed E-state index contributed by atoms with van der Waals surface area (Å²) in [5.74, 6) is 2.05. The first-order valence-corrected chi connectivity index (χ1v) is 11.0. The molecule has 0 spiro atoms. The van der Waals surface area contributed by atoms with Crippen LogP contribution in [0.3, 0.4) is 0 Å². The van der Waals surface area contributed by atoms with Gasteiger partial charge >= 0.3 is 0 Å². The van der Waals surface area contributed by atoms with Crippen LogP contribution in [-0.2, 0) is 0 Å². The topological polar surface area (TPSA) is 61.4 Å². The highest BCUT2D eigenvalue weighted by atomic mass is 32.2. The van der Waals surface area contributed by atoms with E-state index in [-0.39, 0.29) is 5.56 Å². The summed E-state index contributed by atoms with van der Waals surface area (Å²) in [6.45, 7) is 2.53. The van der Waals surface area contributed by atoms with Crippen molar-refractivity contribution in [1.82, 2.24) is 19.2 Å². The molecule has 0 N–H and O–H groups in total. The maximum Gasteiger partial charge on any atom is 0.267 e. The largest absolute Gasteiger partial charge is 0.493 e. The zero-order valence-corrected chi connectivity index (χ0v) is 17.7. The van der Waals surface area contributed by atoms with Crippen LogP contribution in [0.5, 0.6) is 5.75 Å². The lowest BCUT2D eigenvalue weighted by atomic mass is 10.2. The number of nitrogens with zero attached hydrogens (tertiary/aromatic N) is 4. The molecule has 0 aliphatic carbocycles. The second kappa shape index (κ2) is 8.28. The van der Waals surface area contributed by atoms with Crippen molar-refractivity contribution in [3.63, 3.8) is 0 Å². The van der Waals surface area contributed by atoms with E-state index >= 15 is 0 Å². The number of aryl methyl sites for hydroxylation is 1. The van der Waals surface area contributed by atoms with Crippen LogP contribution < -0.4 is 10.3 Å². The number of aromatic nitrogens is 4. The quantitative estimate of drug-likeness (QED) is 0.294. The minimum atomic E-state index is -0.103. The van der Waals surface area contributed by atoms with Gasteiger partial charge in [-0.25, -0.2) is 4.57 Å². The summed E-state index contributed by atoms with van der Waals surface area (Å²) < 4.78 is 9.40. The fraction of sp³-hybridized carbons (Fsp3) is 0.125. The van der Waals surface area contributed by atoms with E-state index in [0.717, 1.165) is 27.7 Å². The van der Waals surface area contributed by atoms with Crippen LogP contribution >= 0.6 is 11.8 Å². The molecule has 0 bridgehead atoms. The van der Waals surface area contributed by atoms with Crippen LogP contribution in [0.4, 0.5) is 0 Å². The fourth-order valence-electron chi connectivity index (χ4n) is 3.61. The summed E-state index contributed by atoms with van der Waals surface area (Å²) in [5, 5.41) is 10.2. The Morgan fingerprint density at radius 2 is 1.65 bits per heavy atom. The standard InChI is InChI=1S/C24H20N4O2S/c1-17-9-5-7-13-20(17)27-22(29)19-12-6-8-14-21(19)28-23(27)25-26-24(28)31-16-15-30-18-10-3-2-4-11-18/h2-14H,15-16H2,1H3. The number of thioether (sulfide) groups is 1. The predicted molar refractivity (Wildman–Crippen MR) is 123 cm³/mol. The maximum atomic E-state index is 13.4. The highest BCUT2D eigenvalue weighted by molar-refractivity contribution is 7.99. The van der Waals surface area contributed by atoms with Gasteiger partial charge in [-0.3, -0.25) is 9.20 Å². The molecule has 7 heteroatoms. The average molecular weight is 429 g/mol. The highest BCUT2D eigenvalue weighted by Crippen LogP contribution is 2.24. The molecule has 3 aromatic carbocycles. The molecule has 0 aliphatic heterocycles. The molecule has 0 unspecified atom stereocenters. The highest BCUT2D eigenvalue weighted by Gasteiger charge is 2.18. The predicted octanol–water partition coefficient (Wildman–Crippen LogP) is 4.51. The molecule has 0 aliphatic rings. The Morgan fingerprint density at radius 1 is 0.903 bits per heavy atom. The first-order valence-electron chi connectivity index (χ1n) is 9.99. The number of hydrogen-bond acceptors (Lipinski definition) is 5. The number of para-hydroxylation sites is 3. The molecule has 0 atom stereocenters. The van der Waals surface area contributed by atoms with Gasteiger partial charge in [-0.2, -0.15) is 0 Å². The monoisotopic (exact) mass is 428 g/mol. The van der Waals surface area contributed by atoms with E-state index in [1.54, 1.807) is 16.3 Å². The molecule has 0 fully saturated rings. The Kier molecular flexibility index (Phi) is 5.18. The van der Waals surface area contributed by atoms with Gasteiger partial charge in [0.25, 0.3) is 5.56 Å². The first kappa shape index (κ1) is 19.4. The molecule has 2 aromatic heterocycles.